The zero-order valence-corrected chi connectivity index (χ0v) is 18.6. The highest BCUT2D eigenvalue weighted by Crippen LogP contribution is 2.28. The van der Waals surface area contributed by atoms with Crippen molar-refractivity contribution in [2.24, 2.45) is 5.92 Å². The Morgan fingerprint density at radius 1 is 1.13 bits per heavy atom. The predicted molar refractivity (Wildman–Crippen MR) is 120 cm³/mol. The third kappa shape index (κ3) is 6.48. The first-order valence-corrected chi connectivity index (χ1v) is 10.9. The lowest BCUT2D eigenvalue weighted by atomic mass is 10.1. The van der Waals surface area contributed by atoms with E-state index in [1.165, 1.54) is 0 Å². The summed E-state index contributed by atoms with van der Waals surface area (Å²) in [6.45, 7) is 6.76. The zero-order valence-electron chi connectivity index (χ0n) is 18.6. The van der Waals surface area contributed by atoms with Crippen LogP contribution in [-0.2, 0) is 17.9 Å². The molecule has 2 amide bonds. The molecule has 3 rings (SSSR count). The van der Waals surface area contributed by atoms with Crippen LogP contribution in [0.3, 0.4) is 0 Å². The first-order valence-electron chi connectivity index (χ1n) is 10.9. The van der Waals surface area contributed by atoms with Gasteiger partial charge < -0.3 is 19.7 Å². The molecule has 31 heavy (non-hydrogen) atoms. The van der Waals surface area contributed by atoms with Crippen molar-refractivity contribution in [3.05, 3.63) is 59.2 Å². The second-order valence-corrected chi connectivity index (χ2v) is 8.32. The molecule has 0 aliphatic carbocycles. The molecule has 0 spiro atoms. The van der Waals surface area contributed by atoms with Gasteiger partial charge in [0.25, 0.3) is 5.91 Å². The van der Waals surface area contributed by atoms with Gasteiger partial charge in [0.05, 0.1) is 13.7 Å². The number of benzene rings is 2. The van der Waals surface area contributed by atoms with Crippen molar-refractivity contribution in [2.75, 3.05) is 20.3 Å². The van der Waals surface area contributed by atoms with Gasteiger partial charge in [0.2, 0.25) is 5.91 Å². The molecule has 1 aliphatic rings. The van der Waals surface area contributed by atoms with Gasteiger partial charge >= 0.3 is 0 Å². The molecule has 1 N–H and O–H groups in total. The normalized spacial score (nSPS) is 13.5. The van der Waals surface area contributed by atoms with E-state index in [1.807, 2.05) is 29.2 Å². The molecule has 6 nitrogen and oxygen atoms in total. The van der Waals surface area contributed by atoms with E-state index in [2.05, 4.69) is 19.2 Å². The number of carbonyl (C=O) groups is 2. The monoisotopic (exact) mass is 424 g/mol. The van der Waals surface area contributed by atoms with Crippen LogP contribution in [0.4, 0.5) is 0 Å². The van der Waals surface area contributed by atoms with Gasteiger partial charge in [0.1, 0.15) is 0 Å². The Morgan fingerprint density at radius 3 is 2.65 bits per heavy atom. The number of amides is 2. The van der Waals surface area contributed by atoms with E-state index in [9.17, 15) is 9.59 Å². The van der Waals surface area contributed by atoms with Crippen LogP contribution in [0.5, 0.6) is 11.5 Å². The van der Waals surface area contributed by atoms with Gasteiger partial charge in [0.15, 0.2) is 11.5 Å². The van der Waals surface area contributed by atoms with E-state index in [4.69, 9.17) is 9.47 Å². The Kier molecular flexibility index (Phi) is 7.93. The molecule has 0 saturated carbocycles. The largest absolute Gasteiger partial charge is 0.493 e. The van der Waals surface area contributed by atoms with E-state index in [-0.39, 0.29) is 11.8 Å². The maximum atomic E-state index is 12.6. The molecule has 1 aliphatic heterocycles. The maximum absolute atomic E-state index is 12.6. The smallest absolute Gasteiger partial charge is 0.251 e. The van der Waals surface area contributed by atoms with Gasteiger partial charge in [-0.1, -0.05) is 38.1 Å². The Labute approximate surface area is 184 Å². The lowest BCUT2D eigenvalue weighted by Gasteiger charge is -2.16. The number of hydrogen-bond donors (Lipinski definition) is 1. The van der Waals surface area contributed by atoms with Gasteiger partial charge in [-0.15, -0.1) is 0 Å². The van der Waals surface area contributed by atoms with Crippen molar-refractivity contribution in [1.82, 2.24) is 10.2 Å². The van der Waals surface area contributed by atoms with Crippen molar-refractivity contribution in [3.8, 4) is 11.5 Å². The molecule has 2 aromatic carbocycles. The Balaban J connectivity index is 1.57. The Morgan fingerprint density at radius 2 is 1.94 bits per heavy atom. The van der Waals surface area contributed by atoms with Crippen LogP contribution in [0.2, 0.25) is 0 Å². The fourth-order valence-corrected chi connectivity index (χ4v) is 3.55. The van der Waals surface area contributed by atoms with Crippen LogP contribution in [-0.4, -0.2) is 37.0 Å². The fraction of sp³-hybridized carbons (Fsp3) is 0.440. The van der Waals surface area contributed by atoms with Gasteiger partial charge in [-0.3, -0.25) is 9.59 Å². The lowest BCUT2D eigenvalue weighted by Crippen LogP contribution is -2.24. The van der Waals surface area contributed by atoms with E-state index in [1.54, 1.807) is 25.3 Å². The molecule has 1 heterocycles. The summed E-state index contributed by atoms with van der Waals surface area (Å²) in [5.41, 5.74) is 2.59. The molecule has 0 unspecified atom stereocenters. The molecular formula is C25H32N2O4. The number of carbonyl (C=O) groups excluding carboxylic acids is 2. The number of rotatable bonds is 10. The van der Waals surface area contributed by atoms with Crippen LogP contribution in [0.25, 0.3) is 0 Å². The molecule has 166 valence electrons. The Bertz CT molecular complexity index is 910. The summed E-state index contributed by atoms with van der Waals surface area (Å²) in [6, 6.07) is 13.2. The molecule has 1 fully saturated rings. The summed E-state index contributed by atoms with van der Waals surface area (Å²) in [6.07, 6.45) is 2.52. The zero-order chi connectivity index (χ0) is 22.2. The van der Waals surface area contributed by atoms with Crippen molar-refractivity contribution in [2.45, 2.75) is 46.2 Å². The molecule has 0 radical (unpaired) electrons. The minimum atomic E-state index is -0.174. The molecule has 0 aromatic heterocycles. The minimum absolute atomic E-state index is 0.174. The molecule has 1 saturated heterocycles. The highest BCUT2D eigenvalue weighted by atomic mass is 16.5. The summed E-state index contributed by atoms with van der Waals surface area (Å²) >= 11 is 0. The molecule has 0 bridgehead atoms. The maximum Gasteiger partial charge on any atom is 0.251 e. The molecule has 6 heteroatoms. The van der Waals surface area contributed by atoms with Gasteiger partial charge in [0, 0.05) is 31.6 Å². The average Bonchev–Trinajstić information content (AvgIpc) is 3.16. The van der Waals surface area contributed by atoms with Crippen LogP contribution < -0.4 is 14.8 Å². The van der Waals surface area contributed by atoms with Gasteiger partial charge in [-0.25, -0.2) is 0 Å². The van der Waals surface area contributed by atoms with E-state index in [0.29, 0.717) is 49.1 Å². The van der Waals surface area contributed by atoms with Crippen LogP contribution in [0.1, 0.15) is 54.6 Å². The SMILES string of the molecule is COc1cc(C(=O)NCc2cccc(CN3CCCC3=O)c2)ccc1OCCC(C)C. The highest BCUT2D eigenvalue weighted by molar-refractivity contribution is 5.94. The Hall–Kier alpha value is -3.02. The first-order chi connectivity index (χ1) is 15.0. The minimum Gasteiger partial charge on any atom is -0.493 e. The van der Waals surface area contributed by atoms with E-state index < -0.39 is 0 Å². The van der Waals surface area contributed by atoms with Crippen LogP contribution in [0.15, 0.2) is 42.5 Å². The summed E-state index contributed by atoms with van der Waals surface area (Å²) in [5, 5.41) is 2.96. The predicted octanol–water partition coefficient (Wildman–Crippen LogP) is 4.17. The van der Waals surface area contributed by atoms with E-state index >= 15 is 0 Å². The average molecular weight is 425 g/mol. The number of nitrogens with zero attached hydrogens (tertiary/aromatic N) is 1. The standard InChI is InChI=1S/C25H32N2O4/c1-18(2)11-13-31-22-10-9-21(15-23(22)30-3)25(29)26-16-19-6-4-7-20(14-19)17-27-12-5-8-24(27)28/h4,6-7,9-10,14-15,18H,5,8,11-13,16-17H2,1-3H3,(H,26,29). The topological polar surface area (TPSA) is 67.9 Å². The first kappa shape index (κ1) is 22.7. The number of ether oxygens (including phenoxy) is 2. The third-order valence-corrected chi connectivity index (χ3v) is 5.37. The summed E-state index contributed by atoms with van der Waals surface area (Å²) in [5.74, 6) is 1.79. The lowest BCUT2D eigenvalue weighted by molar-refractivity contribution is -0.128. The van der Waals surface area contributed by atoms with Crippen LogP contribution >= 0.6 is 0 Å². The van der Waals surface area contributed by atoms with Crippen molar-refractivity contribution < 1.29 is 19.1 Å². The van der Waals surface area contributed by atoms with Gasteiger partial charge in [-0.05, 0) is 48.1 Å². The quantitative estimate of drug-likeness (QED) is 0.622. The number of likely N-dealkylation sites (tertiary alicyclic amines) is 1. The second kappa shape index (κ2) is 10.8. The fourth-order valence-electron chi connectivity index (χ4n) is 3.55. The van der Waals surface area contributed by atoms with Crippen molar-refractivity contribution >= 4 is 11.8 Å². The number of nitrogens with one attached hydrogen (secondary N) is 1. The second-order valence-electron chi connectivity index (χ2n) is 8.32. The highest BCUT2D eigenvalue weighted by Gasteiger charge is 2.20. The summed E-state index contributed by atoms with van der Waals surface area (Å²) in [4.78, 5) is 26.4. The molecule has 2 aromatic rings. The molecular weight excluding hydrogens is 392 g/mol. The van der Waals surface area contributed by atoms with Crippen molar-refractivity contribution in [3.63, 3.8) is 0 Å². The summed E-state index contributed by atoms with van der Waals surface area (Å²) in [7, 11) is 1.57. The molecule has 0 atom stereocenters. The van der Waals surface area contributed by atoms with Crippen molar-refractivity contribution in [1.29, 1.82) is 0 Å². The van der Waals surface area contributed by atoms with Gasteiger partial charge in [-0.2, -0.15) is 0 Å². The summed E-state index contributed by atoms with van der Waals surface area (Å²) < 4.78 is 11.2. The van der Waals surface area contributed by atoms with Crippen LogP contribution in [0, 0.1) is 5.92 Å². The number of methoxy groups -OCH3 is 1. The number of hydrogen-bond acceptors (Lipinski definition) is 4. The third-order valence-electron chi connectivity index (χ3n) is 5.37. The van der Waals surface area contributed by atoms with E-state index in [0.717, 1.165) is 30.5 Å².